The molecule has 1 unspecified atom stereocenters. The van der Waals surface area contributed by atoms with E-state index in [4.69, 9.17) is 9.52 Å². The fourth-order valence-electron chi connectivity index (χ4n) is 3.24. The van der Waals surface area contributed by atoms with Gasteiger partial charge in [0.05, 0.1) is 18.5 Å². The van der Waals surface area contributed by atoms with Crippen LogP contribution in [0.5, 0.6) is 0 Å². The van der Waals surface area contributed by atoms with Crippen molar-refractivity contribution in [2.45, 2.75) is 77.4 Å². The standard InChI is InChI=1S/C20H33NO5/c1-15(11-12-17(23)14-21-19-9-7-13-26-19)18(16(2)22)8-5-3-4-6-10-20(24)25/h7,9,13-18,22-23H,3-6,8,10-12H2,1-2H3,(H,24,25)/b21-14+/t15-,16+,17?,18-/m1/s1. The topological polar surface area (TPSA) is 103 Å². The summed E-state index contributed by atoms with van der Waals surface area (Å²) in [7, 11) is 0. The lowest BCUT2D eigenvalue weighted by Crippen LogP contribution is -2.25. The molecule has 4 atom stereocenters. The highest BCUT2D eigenvalue weighted by molar-refractivity contribution is 5.66. The van der Waals surface area contributed by atoms with Gasteiger partial charge in [-0.25, -0.2) is 4.99 Å². The molecule has 1 heterocycles. The van der Waals surface area contributed by atoms with Crippen molar-refractivity contribution >= 4 is 18.1 Å². The zero-order valence-corrected chi connectivity index (χ0v) is 15.9. The number of carbonyl (C=O) groups is 1. The zero-order valence-electron chi connectivity index (χ0n) is 15.9. The van der Waals surface area contributed by atoms with Gasteiger partial charge in [0.15, 0.2) is 0 Å². The van der Waals surface area contributed by atoms with E-state index >= 15 is 0 Å². The minimum Gasteiger partial charge on any atom is -0.481 e. The number of aliphatic hydroxyl groups is 2. The molecule has 0 fully saturated rings. The highest BCUT2D eigenvalue weighted by Gasteiger charge is 2.22. The van der Waals surface area contributed by atoms with Gasteiger partial charge < -0.3 is 19.7 Å². The first-order valence-corrected chi connectivity index (χ1v) is 9.55. The van der Waals surface area contributed by atoms with E-state index in [-0.39, 0.29) is 12.3 Å². The number of rotatable bonds is 14. The van der Waals surface area contributed by atoms with Gasteiger partial charge in [0.1, 0.15) is 0 Å². The average Bonchev–Trinajstić information content (AvgIpc) is 3.10. The van der Waals surface area contributed by atoms with Crippen molar-refractivity contribution in [1.29, 1.82) is 0 Å². The van der Waals surface area contributed by atoms with Crippen LogP contribution in [-0.4, -0.2) is 39.7 Å². The normalized spacial score (nSPS) is 16.5. The largest absolute Gasteiger partial charge is 0.481 e. The Hall–Kier alpha value is -1.66. The van der Waals surface area contributed by atoms with Crippen LogP contribution in [0.25, 0.3) is 0 Å². The summed E-state index contributed by atoms with van der Waals surface area (Å²) >= 11 is 0. The summed E-state index contributed by atoms with van der Waals surface area (Å²) in [5.74, 6) is 0.209. The molecule has 1 aromatic heterocycles. The molecule has 0 aliphatic heterocycles. The van der Waals surface area contributed by atoms with E-state index in [9.17, 15) is 15.0 Å². The van der Waals surface area contributed by atoms with Gasteiger partial charge >= 0.3 is 5.97 Å². The number of unbranched alkanes of at least 4 members (excludes halogenated alkanes) is 3. The molecule has 0 bridgehead atoms. The van der Waals surface area contributed by atoms with E-state index in [1.807, 2.05) is 6.92 Å². The Morgan fingerprint density at radius 1 is 1.15 bits per heavy atom. The first-order valence-electron chi connectivity index (χ1n) is 9.55. The monoisotopic (exact) mass is 367 g/mol. The third-order valence-corrected chi connectivity index (χ3v) is 4.83. The molecule has 0 aliphatic carbocycles. The molecule has 6 heteroatoms. The van der Waals surface area contributed by atoms with Crippen LogP contribution in [-0.2, 0) is 4.79 Å². The van der Waals surface area contributed by atoms with E-state index in [1.165, 1.54) is 12.5 Å². The summed E-state index contributed by atoms with van der Waals surface area (Å²) in [6.07, 6.45) is 8.15. The van der Waals surface area contributed by atoms with Crippen LogP contribution < -0.4 is 0 Å². The number of aliphatic carboxylic acids is 1. The van der Waals surface area contributed by atoms with Crippen molar-refractivity contribution in [1.82, 2.24) is 0 Å². The van der Waals surface area contributed by atoms with Crippen molar-refractivity contribution < 1.29 is 24.5 Å². The predicted molar refractivity (Wildman–Crippen MR) is 102 cm³/mol. The van der Waals surface area contributed by atoms with Crippen LogP contribution >= 0.6 is 0 Å². The second-order valence-electron chi connectivity index (χ2n) is 7.10. The number of hydrogen-bond acceptors (Lipinski definition) is 5. The van der Waals surface area contributed by atoms with Gasteiger partial charge in [-0.3, -0.25) is 4.79 Å². The number of nitrogens with zero attached hydrogens (tertiary/aromatic N) is 1. The Morgan fingerprint density at radius 2 is 1.88 bits per heavy atom. The first-order chi connectivity index (χ1) is 12.4. The Morgan fingerprint density at radius 3 is 2.50 bits per heavy atom. The SMILES string of the molecule is C[C@H](O)[C@H](CCCCCCC(=O)O)[C@H](C)CCC(O)/C=N/c1ccco1. The highest BCUT2D eigenvalue weighted by atomic mass is 16.4. The van der Waals surface area contributed by atoms with E-state index in [0.29, 0.717) is 24.6 Å². The molecule has 1 aromatic rings. The van der Waals surface area contributed by atoms with Crippen LogP contribution in [0.1, 0.15) is 65.2 Å². The third-order valence-electron chi connectivity index (χ3n) is 4.83. The highest BCUT2D eigenvalue weighted by Crippen LogP contribution is 2.27. The third kappa shape index (κ3) is 9.73. The number of carboxylic acids is 1. The van der Waals surface area contributed by atoms with E-state index in [1.54, 1.807) is 12.1 Å². The number of carboxylic acid groups (broad SMARTS) is 1. The Balaban J connectivity index is 2.28. The maximum Gasteiger partial charge on any atom is 0.303 e. The van der Waals surface area contributed by atoms with Crippen molar-refractivity contribution in [3.05, 3.63) is 18.4 Å². The van der Waals surface area contributed by atoms with Crippen LogP contribution in [0.2, 0.25) is 0 Å². The summed E-state index contributed by atoms with van der Waals surface area (Å²) in [6, 6.07) is 3.47. The lowest BCUT2D eigenvalue weighted by Gasteiger charge is -2.27. The maximum atomic E-state index is 10.5. The molecule has 0 saturated heterocycles. The lowest BCUT2D eigenvalue weighted by molar-refractivity contribution is -0.137. The predicted octanol–water partition coefficient (Wildman–Crippen LogP) is 4.18. The second-order valence-corrected chi connectivity index (χ2v) is 7.10. The van der Waals surface area contributed by atoms with Crippen LogP contribution in [0.4, 0.5) is 5.88 Å². The summed E-state index contributed by atoms with van der Waals surface area (Å²) in [5, 5.41) is 28.7. The Bertz CT molecular complexity index is 512. The first kappa shape index (κ1) is 22.4. The van der Waals surface area contributed by atoms with Crippen LogP contribution in [0, 0.1) is 11.8 Å². The van der Waals surface area contributed by atoms with Gasteiger partial charge in [-0.05, 0) is 50.5 Å². The van der Waals surface area contributed by atoms with Gasteiger partial charge in [0.25, 0.3) is 0 Å². The maximum absolute atomic E-state index is 10.5. The summed E-state index contributed by atoms with van der Waals surface area (Å²) in [5.41, 5.74) is 0. The molecule has 0 aromatic carbocycles. The molecule has 0 radical (unpaired) electrons. The van der Waals surface area contributed by atoms with Gasteiger partial charge in [0.2, 0.25) is 5.88 Å². The molecular weight excluding hydrogens is 334 g/mol. The van der Waals surface area contributed by atoms with E-state index in [2.05, 4.69) is 11.9 Å². The zero-order chi connectivity index (χ0) is 19.4. The fraction of sp³-hybridized carbons (Fsp3) is 0.700. The molecule has 3 N–H and O–H groups in total. The Kier molecular flexibility index (Phi) is 10.9. The molecule has 6 nitrogen and oxygen atoms in total. The summed E-state index contributed by atoms with van der Waals surface area (Å²) in [4.78, 5) is 14.6. The van der Waals surface area contributed by atoms with Gasteiger partial charge in [-0.2, -0.15) is 0 Å². The summed E-state index contributed by atoms with van der Waals surface area (Å²) < 4.78 is 5.09. The van der Waals surface area contributed by atoms with Crippen molar-refractivity contribution in [2.75, 3.05) is 0 Å². The molecule has 0 saturated carbocycles. The number of aliphatic imine (C=N–C) groups is 1. The second kappa shape index (κ2) is 12.7. The molecular formula is C20H33NO5. The summed E-state index contributed by atoms with van der Waals surface area (Å²) in [6.45, 7) is 3.93. The number of aliphatic hydroxyl groups excluding tert-OH is 2. The Labute approximate surface area is 156 Å². The quantitative estimate of drug-likeness (QED) is 0.338. The molecule has 0 aliphatic rings. The van der Waals surface area contributed by atoms with E-state index < -0.39 is 18.2 Å². The average molecular weight is 367 g/mol. The van der Waals surface area contributed by atoms with Crippen LogP contribution in [0.15, 0.2) is 27.8 Å². The molecule has 26 heavy (non-hydrogen) atoms. The van der Waals surface area contributed by atoms with Gasteiger partial charge in [-0.1, -0.05) is 26.2 Å². The lowest BCUT2D eigenvalue weighted by atomic mass is 9.82. The van der Waals surface area contributed by atoms with Gasteiger partial charge in [-0.15, -0.1) is 0 Å². The molecule has 148 valence electrons. The molecule has 0 spiro atoms. The van der Waals surface area contributed by atoms with Crippen molar-refractivity contribution in [3.63, 3.8) is 0 Å². The number of hydrogen-bond donors (Lipinski definition) is 3. The molecule has 0 amide bonds. The van der Waals surface area contributed by atoms with Crippen LogP contribution in [0.3, 0.4) is 0 Å². The van der Waals surface area contributed by atoms with E-state index in [0.717, 1.165) is 32.1 Å². The minimum absolute atomic E-state index is 0.184. The van der Waals surface area contributed by atoms with Crippen molar-refractivity contribution in [3.8, 4) is 0 Å². The minimum atomic E-state index is -0.741. The fourth-order valence-corrected chi connectivity index (χ4v) is 3.24. The smallest absolute Gasteiger partial charge is 0.303 e. The molecule has 1 rings (SSSR count). The van der Waals surface area contributed by atoms with Crippen molar-refractivity contribution in [2.24, 2.45) is 16.8 Å². The number of furan rings is 1. The van der Waals surface area contributed by atoms with Gasteiger partial charge in [0, 0.05) is 18.7 Å².